The molecule has 27 heavy (non-hydrogen) atoms. The monoisotopic (exact) mass is 365 g/mol. The zero-order valence-corrected chi connectivity index (χ0v) is 14.8. The van der Waals surface area contributed by atoms with E-state index in [0.29, 0.717) is 10.8 Å². The van der Waals surface area contributed by atoms with Gasteiger partial charge >= 0.3 is 5.97 Å². The molecule has 138 valence electrons. The number of ether oxygens (including phenoxy) is 1. The molecule has 7 heteroatoms. The standard InChI is InChI=1S/C20H19N3O4/c1-14(24)21-11-12-27-20(26)18-16-9-5-6-10-17(16)19(25)23(22-18)13-15-7-3-2-4-8-15/h2-10H,11-13H2,1H3,(H,21,24). The Bertz CT molecular complexity index is 1030. The van der Waals surface area contributed by atoms with Gasteiger partial charge in [0.2, 0.25) is 5.91 Å². The highest BCUT2D eigenvalue weighted by Crippen LogP contribution is 2.15. The van der Waals surface area contributed by atoms with Crippen LogP contribution in [-0.2, 0) is 16.1 Å². The highest BCUT2D eigenvalue weighted by atomic mass is 16.5. The average molecular weight is 365 g/mol. The second-order valence-electron chi connectivity index (χ2n) is 5.96. The molecule has 0 aliphatic heterocycles. The van der Waals surface area contributed by atoms with Gasteiger partial charge in [-0.05, 0) is 11.6 Å². The topological polar surface area (TPSA) is 90.3 Å². The number of hydrogen-bond acceptors (Lipinski definition) is 5. The number of esters is 1. The summed E-state index contributed by atoms with van der Waals surface area (Å²) in [5, 5.41) is 7.64. The van der Waals surface area contributed by atoms with Crippen LogP contribution in [0.5, 0.6) is 0 Å². The molecule has 1 N–H and O–H groups in total. The van der Waals surface area contributed by atoms with Crippen molar-refractivity contribution in [2.24, 2.45) is 0 Å². The van der Waals surface area contributed by atoms with Crippen LogP contribution in [0.1, 0.15) is 23.0 Å². The summed E-state index contributed by atoms with van der Waals surface area (Å²) in [6.45, 7) is 1.86. The van der Waals surface area contributed by atoms with E-state index in [9.17, 15) is 14.4 Å². The van der Waals surface area contributed by atoms with Crippen molar-refractivity contribution in [3.05, 3.63) is 76.2 Å². The molecule has 7 nitrogen and oxygen atoms in total. The Morgan fingerprint density at radius 3 is 2.41 bits per heavy atom. The minimum atomic E-state index is -0.640. The number of aromatic nitrogens is 2. The molecule has 0 spiro atoms. The van der Waals surface area contributed by atoms with E-state index in [2.05, 4.69) is 10.4 Å². The summed E-state index contributed by atoms with van der Waals surface area (Å²) in [6, 6.07) is 16.2. The van der Waals surface area contributed by atoms with Gasteiger partial charge in [-0.15, -0.1) is 0 Å². The molecule has 0 saturated heterocycles. The number of nitrogens with one attached hydrogen (secondary N) is 1. The third-order valence-corrected chi connectivity index (χ3v) is 3.95. The smallest absolute Gasteiger partial charge is 0.359 e. The van der Waals surface area contributed by atoms with Gasteiger partial charge in [0.25, 0.3) is 5.56 Å². The number of nitrogens with zero attached hydrogens (tertiary/aromatic N) is 2. The molecule has 0 unspecified atom stereocenters. The number of benzene rings is 2. The van der Waals surface area contributed by atoms with E-state index < -0.39 is 5.97 Å². The maximum absolute atomic E-state index is 12.7. The second kappa shape index (κ2) is 8.27. The van der Waals surface area contributed by atoms with E-state index in [-0.39, 0.29) is 36.9 Å². The van der Waals surface area contributed by atoms with Crippen molar-refractivity contribution in [3.8, 4) is 0 Å². The van der Waals surface area contributed by atoms with Gasteiger partial charge in [0, 0.05) is 12.3 Å². The Morgan fingerprint density at radius 1 is 1.04 bits per heavy atom. The van der Waals surface area contributed by atoms with Gasteiger partial charge in [-0.2, -0.15) is 5.10 Å². The van der Waals surface area contributed by atoms with Crippen molar-refractivity contribution in [3.63, 3.8) is 0 Å². The summed E-state index contributed by atoms with van der Waals surface area (Å²) in [5.41, 5.74) is 0.695. The first kappa shape index (κ1) is 18.3. The van der Waals surface area contributed by atoms with Crippen LogP contribution in [0.2, 0.25) is 0 Å². The minimum Gasteiger partial charge on any atom is -0.459 e. The predicted molar refractivity (Wildman–Crippen MR) is 101 cm³/mol. The van der Waals surface area contributed by atoms with E-state index in [4.69, 9.17) is 4.74 Å². The van der Waals surface area contributed by atoms with Gasteiger partial charge in [-0.1, -0.05) is 48.5 Å². The Hall–Kier alpha value is -3.48. The maximum atomic E-state index is 12.7. The molecule has 0 atom stereocenters. The quantitative estimate of drug-likeness (QED) is 0.531. The van der Waals surface area contributed by atoms with Crippen LogP contribution in [-0.4, -0.2) is 34.8 Å². The molecule has 1 aromatic heterocycles. The van der Waals surface area contributed by atoms with Gasteiger partial charge in [0.15, 0.2) is 5.69 Å². The summed E-state index contributed by atoms with van der Waals surface area (Å²) in [4.78, 5) is 36.1. The molecule has 1 amide bonds. The lowest BCUT2D eigenvalue weighted by atomic mass is 10.1. The first-order valence-electron chi connectivity index (χ1n) is 8.51. The number of carbonyl (C=O) groups excluding carboxylic acids is 2. The summed E-state index contributed by atoms with van der Waals surface area (Å²) < 4.78 is 6.47. The molecule has 0 saturated carbocycles. The zero-order chi connectivity index (χ0) is 19.2. The van der Waals surface area contributed by atoms with Gasteiger partial charge in [-0.25, -0.2) is 9.48 Å². The van der Waals surface area contributed by atoms with Crippen LogP contribution in [0.3, 0.4) is 0 Å². The number of hydrogen-bond donors (Lipinski definition) is 1. The average Bonchev–Trinajstić information content (AvgIpc) is 2.68. The number of amides is 1. The first-order chi connectivity index (χ1) is 13.1. The molecular weight excluding hydrogens is 346 g/mol. The van der Waals surface area contributed by atoms with Crippen molar-refractivity contribution >= 4 is 22.6 Å². The van der Waals surface area contributed by atoms with E-state index in [1.807, 2.05) is 30.3 Å². The molecule has 3 rings (SSSR count). The Kier molecular flexibility index (Phi) is 5.61. The molecule has 0 radical (unpaired) electrons. The van der Waals surface area contributed by atoms with Crippen LogP contribution in [0, 0.1) is 0 Å². The Balaban J connectivity index is 1.93. The van der Waals surface area contributed by atoms with Gasteiger partial charge in [0.1, 0.15) is 6.61 Å². The largest absolute Gasteiger partial charge is 0.459 e. The molecule has 0 bridgehead atoms. The van der Waals surface area contributed by atoms with Gasteiger partial charge < -0.3 is 10.1 Å². The second-order valence-corrected chi connectivity index (χ2v) is 5.96. The van der Waals surface area contributed by atoms with Crippen molar-refractivity contribution in [1.29, 1.82) is 0 Å². The van der Waals surface area contributed by atoms with Crippen LogP contribution in [0.4, 0.5) is 0 Å². The molecule has 3 aromatic rings. The highest BCUT2D eigenvalue weighted by Gasteiger charge is 2.18. The van der Waals surface area contributed by atoms with Crippen LogP contribution in [0.25, 0.3) is 10.8 Å². The van der Waals surface area contributed by atoms with Gasteiger partial charge in [-0.3, -0.25) is 9.59 Å². The van der Waals surface area contributed by atoms with E-state index in [1.54, 1.807) is 24.3 Å². The fraction of sp³-hybridized carbons (Fsp3) is 0.200. The van der Waals surface area contributed by atoms with Crippen LogP contribution in [0.15, 0.2) is 59.4 Å². The Labute approximate surface area is 155 Å². The van der Waals surface area contributed by atoms with Crippen molar-refractivity contribution in [2.45, 2.75) is 13.5 Å². The Morgan fingerprint density at radius 2 is 1.70 bits per heavy atom. The maximum Gasteiger partial charge on any atom is 0.359 e. The number of rotatable bonds is 6. The first-order valence-corrected chi connectivity index (χ1v) is 8.51. The van der Waals surface area contributed by atoms with E-state index in [0.717, 1.165) is 5.56 Å². The molecule has 1 heterocycles. The van der Waals surface area contributed by atoms with Crippen LogP contribution >= 0.6 is 0 Å². The van der Waals surface area contributed by atoms with E-state index >= 15 is 0 Å². The summed E-state index contributed by atoms with van der Waals surface area (Å²) >= 11 is 0. The number of carbonyl (C=O) groups is 2. The van der Waals surface area contributed by atoms with Gasteiger partial charge in [0.05, 0.1) is 18.5 Å². The van der Waals surface area contributed by atoms with Crippen molar-refractivity contribution in [1.82, 2.24) is 15.1 Å². The molecule has 0 aliphatic carbocycles. The van der Waals surface area contributed by atoms with Crippen LogP contribution < -0.4 is 10.9 Å². The fourth-order valence-corrected chi connectivity index (χ4v) is 2.69. The fourth-order valence-electron chi connectivity index (χ4n) is 2.69. The summed E-state index contributed by atoms with van der Waals surface area (Å²) in [6.07, 6.45) is 0. The highest BCUT2D eigenvalue weighted by molar-refractivity contribution is 6.02. The normalized spacial score (nSPS) is 10.6. The third-order valence-electron chi connectivity index (χ3n) is 3.95. The van der Waals surface area contributed by atoms with E-state index in [1.165, 1.54) is 11.6 Å². The molecule has 0 aliphatic rings. The SMILES string of the molecule is CC(=O)NCCOC(=O)c1nn(Cc2ccccc2)c(=O)c2ccccc12. The van der Waals surface area contributed by atoms with Crippen molar-refractivity contribution in [2.75, 3.05) is 13.2 Å². The lowest BCUT2D eigenvalue weighted by Gasteiger charge is -2.11. The summed E-state index contributed by atoms with van der Waals surface area (Å²) in [7, 11) is 0. The lowest BCUT2D eigenvalue weighted by molar-refractivity contribution is -0.119. The lowest BCUT2D eigenvalue weighted by Crippen LogP contribution is -2.28. The summed E-state index contributed by atoms with van der Waals surface area (Å²) in [5.74, 6) is -0.843. The van der Waals surface area contributed by atoms with Crippen molar-refractivity contribution < 1.29 is 14.3 Å². The predicted octanol–water partition coefficient (Wildman–Crippen LogP) is 1.74. The third kappa shape index (κ3) is 4.38. The molecule has 2 aromatic carbocycles. The minimum absolute atomic E-state index is 0.0201. The molecule has 0 fully saturated rings. The zero-order valence-electron chi connectivity index (χ0n) is 14.8. The number of fused-ring (bicyclic) bond motifs is 1. The molecular formula is C20H19N3O4.